The Kier molecular flexibility index (Phi) is 5.14. The molecule has 0 saturated carbocycles. The van der Waals surface area contributed by atoms with E-state index < -0.39 is 16.7 Å². The van der Waals surface area contributed by atoms with E-state index in [9.17, 15) is 19.3 Å². The maximum atomic E-state index is 13.9. The lowest BCUT2D eigenvalue weighted by Gasteiger charge is -2.11. The van der Waals surface area contributed by atoms with Crippen LogP contribution in [0.15, 0.2) is 18.2 Å². The number of thiocarbonyl (C=S) groups is 1. The van der Waals surface area contributed by atoms with Gasteiger partial charge in [-0.2, -0.15) is 0 Å². The van der Waals surface area contributed by atoms with Crippen LogP contribution in [0.4, 0.5) is 20.8 Å². The number of carbonyl (C=O) groups excluding carboxylic acids is 1. The molecule has 0 aliphatic heterocycles. The standard InChI is InChI=1S/C16H14FN3O4S2/c1-24-15(21)13-9-3-2-4-12(9)26-14(13)19-16(25)18-11-7-8(20(22)23)5-6-10(11)17/h5-7H,2-4H2,1H3,(H2,18,19,25). The first kappa shape index (κ1) is 18.2. The van der Waals surface area contributed by atoms with Gasteiger partial charge in [-0.3, -0.25) is 10.1 Å². The molecular formula is C16H14FN3O4S2. The third-order valence-electron chi connectivity index (χ3n) is 3.95. The van der Waals surface area contributed by atoms with Gasteiger partial charge in [-0.05, 0) is 43.1 Å². The molecule has 136 valence electrons. The molecule has 0 amide bonds. The Labute approximate surface area is 157 Å². The summed E-state index contributed by atoms with van der Waals surface area (Å²) in [5.74, 6) is -1.14. The molecular weight excluding hydrogens is 381 g/mol. The van der Waals surface area contributed by atoms with Gasteiger partial charge in [0.15, 0.2) is 5.11 Å². The Balaban J connectivity index is 1.82. The van der Waals surface area contributed by atoms with Crippen LogP contribution >= 0.6 is 23.6 Å². The number of nitro benzene ring substituents is 1. The first-order chi connectivity index (χ1) is 12.4. The lowest BCUT2D eigenvalue weighted by molar-refractivity contribution is -0.384. The number of fused-ring (bicyclic) bond motifs is 1. The highest BCUT2D eigenvalue weighted by molar-refractivity contribution is 7.80. The molecule has 0 bridgehead atoms. The van der Waals surface area contributed by atoms with Gasteiger partial charge in [-0.1, -0.05) is 0 Å². The molecule has 2 N–H and O–H groups in total. The summed E-state index contributed by atoms with van der Waals surface area (Å²) in [5.41, 5.74) is 1.00. The van der Waals surface area contributed by atoms with E-state index in [0.29, 0.717) is 10.6 Å². The normalized spacial score (nSPS) is 12.4. The SMILES string of the molecule is COC(=O)c1c(NC(=S)Nc2cc([N+](=O)[O-])ccc2F)sc2c1CCC2. The number of nitro groups is 1. The van der Waals surface area contributed by atoms with Crippen LogP contribution in [0.1, 0.15) is 27.2 Å². The van der Waals surface area contributed by atoms with E-state index in [1.54, 1.807) is 0 Å². The van der Waals surface area contributed by atoms with Crippen molar-refractivity contribution in [1.29, 1.82) is 0 Å². The fourth-order valence-electron chi connectivity index (χ4n) is 2.79. The van der Waals surface area contributed by atoms with Crippen LogP contribution in [0, 0.1) is 15.9 Å². The Morgan fingerprint density at radius 1 is 1.38 bits per heavy atom. The van der Waals surface area contributed by atoms with Crippen LogP contribution in [0.2, 0.25) is 0 Å². The number of nitrogens with one attached hydrogen (secondary N) is 2. The predicted molar refractivity (Wildman–Crippen MR) is 101 cm³/mol. The number of methoxy groups -OCH3 is 1. The number of anilines is 2. The molecule has 0 fully saturated rings. The van der Waals surface area contributed by atoms with Crippen molar-refractivity contribution in [2.75, 3.05) is 17.7 Å². The quantitative estimate of drug-likeness (QED) is 0.351. The van der Waals surface area contributed by atoms with Crippen molar-refractivity contribution in [2.45, 2.75) is 19.3 Å². The highest BCUT2D eigenvalue weighted by Gasteiger charge is 2.27. The molecule has 1 heterocycles. The van der Waals surface area contributed by atoms with E-state index in [1.807, 2.05) is 0 Å². The smallest absolute Gasteiger partial charge is 0.341 e. The summed E-state index contributed by atoms with van der Waals surface area (Å²) in [6.45, 7) is 0. The van der Waals surface area contributed by atoms with E-state index in [-0.39, 0.29) is 16.5 Å². The number of carbonyl (C=O) groups is 1. The maximum absolute atomic E-state index is 13.9. The maximum Gasteiger partial charge on any atom is 0.341 e. The predicted octanol–water partition coefficient (Wildman–Crippen LogP) is 3.88. The topological polar surface area (TPSA) is 93.5 Å². The van der Waals surface area contributed by atoms with Crippen molar-refractivity contribution in [3.05, 3.63) is 50.1 Å². The second kappa shape index (κ2) is 7.34. The van der Waals surface area contributed by atoms with Crippen molar-refractivity contribution >= 4 is 51.0 Å². The Bertz CT molecular complexity index is 913. The number of benzene rings is 1. The molecule has 7 nitrogen and oxygen atoms in total. The van der Waals surface area contributed by atoms with Crippen LogP contribution in [0.5, 0.6) is 0 Å². The molecule has 0 radical (unpaired) electrons. The minimum atomic E-state index is -0.679. The highest BCUT2D eigenvalue weighted by atomic mass is 32.1. The van der Waals surface area contributed by atoms with Gasteiger partial charge in [0.2, 0.25) is 0 Å². The summed E-state index contributed by atoms with van der Waals surface area (Å²) < 4.78 is 18.7. The minimum Gasteiger partial charge on any atom is -0.465 e. The zero-order valence-corrected chi connectivity index (χ0v) is 15.3. The van der Waals surface area contributed by atoms with Crippen LogP contribution in [0.3, 0.4) is 0 Å². The minimum absolute atomic E-state index is 0.0227. The molecule has 1 aliphatic carbocycles. The van der Waals surface area contributed by atoms with Crippen molar-refractivity contribution in [3.8, 4) is 0 Å². The first-order valence-corrected chi connectivity index (χ1v) is 8.88. The van der Waals surface area contributed by atoms with Crippen LogP contribution < -0.4 is 10.6 Å². The fraction of sp³-hybridized carbons (Fsp3) is 0.250. The lowest BCUT2D eigenvalue weighted by atomic mass is 10.1. The average molecular weight is 395 g/mol. The summed E-state index contributed by atoms with van der Waals surface area (Å²) in [7, 11) is 1.31. The third kappa shape index (κ3) is 3.51. The van der Waals surface area contributed by atoms with Crippen LogP contribution in [0.25, 0.3) is 0 Å². The Morgan fingerprint density at radius 2 is 2.15 bits per heavy atom. The first-order valence-electron chi connectivity index (χ1n) is 7.65. The monoisotopic (exact) mass is 395 g/mol. The van der Waals surface area contributed by atoms with Gasteiger partial charge in [0, 0.05) is 17.0 Å². The van der Waals surface area contributed by atoms with Gasteiger partial charge in [0.25, 0.3) is 5.69 Å². The molecule has 2 aromatic rings. The molecule has 26 heavy (non-hydrogen) atoms. The molecule has 1 aromatic carbocycles. The number of hydrogen-bond donors (Lipinski definition) is 2. The second-order valence-corrected chi connectivity index (χ2v) is 7.07. The van der Waals surface area contributed by atoms with Gasteiger partial charge in [-0.15, -0.1) is 11.3 Å². The van der Waals surface area contributed by atoms with E-state index in [0.717, 1.165) is 47.9 Å². The summed E-state index contributed by atoms with van der Waals surface area (Å²) >= 11 is 6.57. The van der Waals surface area contributed by atoms with Crippen molar-refractivity contribution in [1.82, 2.24) is 0 Å². The zero-order valence-electron chi connectivity index (χ0n) is 13.6. The summed E-state index contributed by atoms with van der Waals surface area (Å²) in [4.78, 5) is 23.4. The largest absolute Gasteiger partial charge is 0.465 e. The van der Waals surface area contributed by atoms with Crippen molar-refractivity contribution in [2.24, 2.45) is 0 Å². The van der Waals surface area contributed by atoms with Gasteiger partial charge < -0.3 is 15.4 Å². The number of nitrogens with zero attached hydrogens (tertiary/aromatic N) is 1. The third-order valence-corrected chi connectivity index (χ3v) is 5.36. The molecule has 0 atom stereocenters. The van der Waals surface area contributed by atoms with E-state index in [4.69, 9.17) is 17.0 Å². The van der Waals surface area contributed by atoms with Crippen LogP contribution in [-0.2, 0) is 17.6 Å². The zero-order chi connectivity index (χ0) is 18.8. The summed E-state index contributed by atoms with van der Waals surface area (Å²) in [6, 6.07) is 3.11. The number of hydrogen-bond acceptors (Lipinski definition) is 6. The number of thiophene rings is 1. The van der Waals surface area contributed by atoms with E-state index in [1.165, 1.54) is 18.4 Å². The number of esters is 1. The molecule has 1 aliphatic rings. The van der Waals surface area contributed by atoms with Crippen molar-refractivity contribution in [3.63, 3.8) is 0 Å². The lowest BCUT2D eigenvalue weighted by Crippen LogP contribution is -2.21. The molecule has 3 rings (SSSR count). The molecule has 1 aromatic heterocycles. The Hall–Kier alpha value is -2.59. The number of halogens is 1. The number of ether oxygens (including phenoxy) is 1. The average Bonchev–Trinajstić information content (AvgIpc) is 3.16. The fourth-order valence-corrected chi connectivity index (χ4v) is 4.35. The van der Waals surface area contributed by atoms with Gasteiger partial charge in [0.05, 0.1) is 23.3 Å². The Morgan fingerprint density at radius 3 is 2.85 bits per heavy atom. The summed E-state index contributed by atoms with van der Waals surface area (Å²) in [5, 5.41) is 16.9. The molecule has 0 spiro atoms. The number of aryl methyl sites for hydroxylation is 1. The van der Waals surface area contributed by atoms with Crippen LogP contribution in [-0.4, -0.2) is 23.1 Å². The summed E-state index contributed by atoms with van der Waals surface area (Å²) in [6.07, 6.45) is 2.65. The van der Waals surface area contributed by atoms with Gasteiger partial charge in [0.1, 0.15) is 10.8 Å². The second-order valence-electron chi connectivity index (χ2n) is 5.55. The molecule has 0 unspecified atom stereocenters. The highest BCUT2D eigenvalue weighted by Crippen LogP contribution is 2.39. The van der Waals surface area contributed by atoms with E-state index in [2.05, 4.69) is 10.6 Å². The number of non-ortho nitro benzene ring substituents is 1. The van der Waals surface area contributed by atoms with Gasteiger partial charge >= 0.3 is 5.97 Å². The van der Waals surface area contributed by atoms with E-state index >= 15 is 0 Å². The molecule has 10 heteroatoms. The van der Waals surface area contributed by atoms with Crippen molar-refractivity contribution < 1.29 is 18.8 Å². The molecule has 0 saturated heterocycles. The number of rotatable bonds is 4. The van der Waals surface area contributed by atoms with Gasteiger partial charge in [-0.25, -0.2) is 9.18 Å².